The first-order valence-corrected chi connectivity index (χ1v) is 12.2. The van der Waals surface area contributed by atoms with Crippen LogP contribution in [0.25, 0.3) is 22.0 Å². The number of benzene rings is 3. The number of amides is 1. The summed E-state index contributed by atoms with van der Waals surface area (Å²) in [5, 5.41) is 7.61. The van der Waals surface area contributed by atoms with Crippen molar-refractivity contribution in [3.63, 3.8) is 0 Å². The highest BCUT2D eigenvalue weighted by molar-refractivity contribution is 5.82. The number of carbonyl (C=O) groups excluding carboxylic acids is 1. The number of hydrogen-bond acceptors (Lipinski definition) is 4. The third kappa shape index (κ3) is 4.99. The predicted octanol–water partition coefficient (Wildman–Crippen LogP) is 3.41. The molecule has 0 saturated carbocycles. The zero-order valence-corrected chi connectivity index (χ0v) is 20.5. The van der Waals surface area contributed by atoms with Crippen LogP contribution in [0.5, 0.6) is 0 Å². The molecule has 0 unspecified atom stereocenters. The Balaban J connectivity index is 1.34. The normalized spacial score (nSPS) is 11.1. The van der Waals surface area contributed by atoms with Crippen LogP contribution in [0, 0.1) is 0 Å². The molecule has 5 aromatic rings. The Kier molecular flexibility index (Phi) is 6.81. The quantitative estimate of drug-likeness (QED) is 0.359. The molecular weight excluding hydrogens is 466 g/mol. The van der Waals surface area contributed by atoms with Crippen LogP contribution in [0.15, 0.2) is 101 Å². The van der Waals surface area contributed by atoms with E-state index in [0.717, 1.165) is 26.8 Å². The van der Waals surface area contributed by atoms with Gasteiger partial charge in [0, 0.05) is 25.5 Å². The molecule has 0 spiro atoms. The highest BCUT2D eigenvalue weighted by Crippen LogP contribution is 2.24. The Morgan fingerprint density at radius 1 is 0.892 bits per heavy atom. The smallest absolute Gasteiger partial charge is 0.331 e. The number of hydrogen-bond donors (Lipinski definition) is 1. The first-order chi connectivity index (χ1) is 18.0. The molecule has 2 aromatic heterocycles. The highest BCUT2D eigenvalue weighted by atomic mass is 16.2. The molecule has 3 aromatic carbocycles. The van der Waals surface area contributed by atoms with Gasteiger partial charge in [-0.05, 0) is 47.4 Å². The van der Waals surface area contributed by atoms with E-state index in [1.54, 1.807) is 37.4 Å². The van der Waals surface area contributed by atoms with Crippen molar-refractivity contribution in [3.05, 3.63) is 123 Å². The maximum absolute atomic E-state index is 13.0. The van der Waals surface area contributed by atoms with Crippen LogP contribution in [0.3, 0.4) is 0 Å². The first kappa shape index (κ1) is 24.0. The third-order valence-electron chi connectivity index (χ3n) is 6.41. The molecule has 0 aliphatic carbocycles. The Labute approximate surface area is 213 Å². The van der Waals surface area contributed by atoms with Crippen molar-refractivity contribution < 1.29 is 4.79 Å². The molecule has 186 valence electrons. The van der Waals surface area contributed by atoms with E-state index in [-0.39, 0.29) is 24.6 Å². The molecule has 37 heavy (non-hydrogen) atoms. The summed E-state index contributed by atoms with van der Waals surface area (Å²) < 4.78 is 4.39. The van der Waals surface area contributed by atoms with E-state index >= 15 is 0 Å². The van der Waals surface area contributed by atoms with E-state index in [2.05, 4.69) is 34.7 Å². The van der Waals surface area contributed by atoms with Crippen molar-refractivity contribution in [1.82, 2.24) is 24.2 Å². The van der Waals surface area contributed by atoms with Gasteiger partial charge in [-0.1, -0.05) is 60.7 Å². The summed E-state index contributed by atoms with van der Waals surface area (Å²) in [6, 6.07) is 25.0. The SMILES string of the molecule is CCn1c(=O)c2ccccc2n(CC(=O)NCc2ccccc2-c2ccc(Cn3cccn3)cc2)c1=O. The van der Waals surface area contributed by atoms with E-state index < -0.39 is 5.69 Å². The van der Waals surface area contributed by atoms with E-state index in [0.29, 0.717) is 24.0 Å². The number of carbonyl (C=O) groups is 1. The highest BCUT2D eigenvalue weighted by Gasteiger charge is 2.15. The van der Waals surface area contributed by atoms with E-state index in [9.17, 15) is 14.4 Å². The summed E-state index contributed by atoms with van der Waals surface area (Å²) in [4.78, 5) is 38.5. The fourth-order valence-corrected chi connectivity index (χ4v) is 4.52. The molecule has 2 heterocycles. The molecular formula is C29H27N5O3. The maximum Gasteiger partial charge on any atom is 0.331 e. The zero-order chi connectivity index (χ0) is 25.8. The van der Waals surface area contributed by atoms with Crippen molar-refractivity contribution in [2.45, 2.75) is 33.1 Å². The average molecular weight is 494 g/mol. The largest absolute Gasteiger partial charge is 0.350 e. The lowest BCUT2D eigenvalue weighted by Gasteiger charge is -2.14. The average Bonchev–Trinajstić information content (AvgIpc) is 3.44. The summed E-state index contributed by atoms with van der Waals surface area (Å²) in [7, 11) is 0. The maximum atomic E-state index is 13.0. The second-order valence-corrected chi connectivity index (χ2v) is 8.77. The number of rotatable bonds is 8. The molecule has 0 aliphatic rings. The van der Waals surface area contributed by atoms with Gasteiger partial charge in [0.2, 0.25) is 5.91 Å². The summed E-state index contributed by atoms with van der Waals surface area (Å²) >= 11 is 0. The van der Waals surface area contributed by atoms with Gasteiger partial charge >= 0.3 is 5.69 Å². The lowest BCUT2D eigenvalue weighted by atomic mass is 9.98. The molecule has 5 rings (SSSR count). The van der Waals surface area contributed by atoms with Crippen LogP contribution in [0.1, 0.15) is 18.1 Å². The number of para-hydroxylation sites is 1. The van der Waals surface area contributed by atoms with E-state index in [1.807, 2.05) is 41.2 Å². The molecule has 1 amide bonds. The minimum absolute atomic E-state index is 0.177. The Morgan fingerprint density at radius 3 is 2.41 bits per heavy atom. The molecule has 0 bridgehead atoms. The Morgan fingerprint density at radius 2 is 1.65 bits per heavy atom. The Hall–Kier alpha value is -4.72. The van der Waals surface area contributed by atoms with Gasteiger partial charge in [0.15, 0.2) is 0 Å². The van der Waals surface area contributed by atoms with Crippen LogP contribution in [0.2, 0.25) is 0 Å². The fraction of sp³-hybridized carbons (Fsp3) is 0.172. The number of nitrogens with one attached hydrogen (secondary N) is 1. The van der Waals surface area contributed by atoms with Crippen LogP contribution >= 0.6 is 0 Å². The van der Waals surface area contributed by atoms with Crippen LogP contribution in [-0.2, 0) is 31.0 Å². The van der Waals surface area contributed by atoms with Crippen LogP contribution < -0.4 is 16.6 Å². The molecule has 8 heteroatoms. The number of nitrogens with zero attached hydrogens (tertiary/aromatic N) is 4. The van der Waals surface area contributed by atoms with Crippen LogP contribution in [0.4, 0.5) is 0 Å². The lowest BCUT2D eigenvalue weighted by molar-refractivity contribution is -0.121. The Bertz CT molecular complexity index is 1670. The molecule has 0 fully saturated rings. The summed E-state index contributed by atoms with van der Waals surface area (Å²) in [6.45, 7) is 2.81. The van der Waals surface area contributed by atoms with Gasteiger partial charge in [-0.25, -0.2) is 4.79 Å². The second-order valence-electron chi connectivity index (χ2n) is 8.77. The summed E-state index contributed by atoms with van der Waals surface area (Å²) in [5.74, 6) is -0.307. The third-order valence-corrected chi connectivity index (χ3v) is 6.41. The molecule has 8 nitrogen and oxygen atoms in total. The molecule has 0 saturated heterocycles. The molecule has 1 N–H and O–H groups in total. The van der Waals surface area contributed by atoms with Gasteiger partial charge in [0.05, 0.1) is 17.4 Å². The fourth-order valence-electron chi connectivity index (χ4n) is 4.52. The van der Waals surface area contributed by atoms with Gasteiger partial charge in [0.1, 0.15) is 6.54 Å². The van der Waals surface area contributed by atoms with E-state index in [4.69, 9.17) is 0 Å². The standard InChI is InChI=1S/C29H27N5O3/c1-2-33-28(36)25-10-5-6-11-26(25)34(29(33)37)20-27(35)30-18-23-8-3-4-9-24(23)22-14-12-21(13-15-22)19-32-17-7-16-31-32/h3-17H,2,18-20H2,1H3,(H,30,35). The summed E-state index contributed by atoms with van der Waals surface area (Å²) in [5.41, 5.74) is 3.80. The van der Waals surface area contributed by atoms with Gasteiger partial charge in [-0.15, -0.1) is 0 Å². The topological polar surface area (TPSA) is 90.9 Å². The second kappa shape index (κ2) is 10.5. The number of aromatic nitrogens is 4. The van der Waals surface area contributed by atoms with Gasteiger partial charge in [0.25, 0.3) is 5.56 Å². The van der Waals surface area contributed by atoms with Gasteiger partial charge in [-0.3, -0.25) is 23.4 Å². The van der Waals surface area contributed by atoms with Gasteiger partial charge in [-0.2, -0.15) is 5.10 Å². The van der Waals surface area contributed by atoms with Crippen molar-refractivity contribution in [1.29, 1.82) is 0 Å². The minimum atomic E-state index is -0.489. The van der Waals surface area contributed by atoms with E-state index in [1.165, 1.54) is 4.57 Å². The van der Waals surface area contributed by atoms with Crippen molar-refractivity contribution >= 4 is 16.8 Å². The molecule has 0 radical (unpaired) electrons. The van der Waals surface area contributed by atoms with Crippen molar-refractivity contribution in [2.75, 3.05) is 0 Å². The summed E-state index contributed by atoms with van der Waals surface area (Å²) in [6.07, 6.45) is 3.69. The minimum Gasteiger partial charge on any atom is -0.350 e. The van der Waals surface area contributed by atoms with Crippen molar-refractivity contribution in [3.8, 4) is 11.1 Å². The molecule has 0 aliphatic heterocycles. The predicted molar refractivity (Wildman–Crippen MR) is 143 cm³/mol. The van der Waals surface area contributed by atoms with Crippen molar-refractivity contribution in [2.24, 2.45) is 0 Å². The van der Waals surface area contributed by atoms with Crippen LogP contribution in [-0.4, -0.2) is 24.8 Å². The van der Waals surface area contributed by atoms with Gasteiger partial charge < -0.3 is 5.32 Å². The first-order valence-electron chi connectivity index (χ1n) is 12.2. The zero-order valence-electron chi connectivity index (χ0n) is 20.5. The monoisotopic (exact) mass is 493 g/mol. The number of fused-ring (bicyclic) bond motifs is 1. The lowest BCUT2D eigenvalue weighted by Crippen LogP contribution is -2.42. The molecule has 0 atom stereocenters.